The molecule has 0 N–H and O–H groups in total. The largest absolute Gasteiger partial charge is 0.310 e. The monoisotopic (exact) mass is 672 g/mol. The van der Waals surface area contributed by atoms with Gasteiger partial charge in [0.15, 0.2) is 0 Å². The zero-order valence-corrected chi connectivity index (χ0v) is 30.5. The molecule has 0 bridgehead atoms. The summed E-state index contributed by atoms with van der Waals surface area (Å²) in [5.41, 5.74) is 14.7. The van der Waals surface area contributed by atoms with Crippen LogP contribution in [0.2, 0.25) is 0 Å². The van der Waals surface area contributed by atoms with E-state index in [4.69, 9.17) is 0 Å². The zero-order valence-electron chi connectivity index (χ0n) is 30.5. The summed E-state index contributed by atoms with van der Waals surface area (Å²) in [5.74, 6) is 0. The summed E-state index contributed by atoms with van der Waals surface area (Å²) < 4.78 is 0. The van der Waals surface area contributed by atoms with E-state index in [2.05, 4.69) is 207 Å². The molecule has 8 aromatic rings. The highest BCUT2D eigenvalue weighted by Gasteiger charge is 2.15. The van der Waals surface area contributed by atoms with E-state index in [1.807, 2.05) is 0 Å². The predicted molar refractivity (Wildman–Crippen MR) is 224 cm³/mol. The number of rotatable bonds is 9. The Bertz CT molecular complexity index is 2210. The van der Waals surface area contributed by atoms with Crippen molar-refractivity contribution in [2.45, 2.75) is 40.5 Å². The van der Waals surface area contributed by atoms with Crippen molar-refractivity contribution in [2.24, 2.45) is 0 Å². The standard InChI is InChI=1S/C50H44N2/c1-35-5-21-45(22-6-35)51(46-23-7-36(2)8-24-46)49-29-19-41-31-39(15-17-43(41)33-49)13-14-40-16-18-44-34-50(30-20-42(44)32-40)52(47-25-9-37(3)10-26-47)48-27-11-38(4)12-28-48/h5-12,15-34H,13-14H2,1-4H3. The van der Waals surface area contributed by atoms with Gasteiger partial charge in [-0.05, 0) is 146 Å². The van der Waals surface area contributed by atoms with Crippen molar-refractivity contribution in [3.63, 3.8) is 0 Å². The third-order valence-corrected chi connectivity index (χ3v) is 10.2. The van der Waals surface area contributed by atoms with E-state index in [0.717, 1.165) is 47.0 Å². The minimum Gasteiger partial charge on any atom is -0.310 e. The summed E-state index contributed by atoms with van der Waals surface area (Å²) >= 11 is 0. The molecule has 0 aliphatic rings. The molecule has 254 valence electrons. The second-order valence-electron chi connectivity index (χ2n) is 14.2. The molecular weight excluding hydrogens is 629 g/mol. The zero-order chi connectivity index (χ0) is 35.6. The van der Waals surface area contributed by atoms with Crippen molar-refractivity contribution in [3.05, 3.63) is 203 Å². The first-order valence-corrected chi connectivity index (χ1v) is 18.3. The fraction of sp³-hybridized carbons (Fsp3) is 0.120. The van der Waals surface area contributed by atoms with E-state index in [1.54, 1.807) is 0 Å². The van der Waals surface area contributed by atoms with Crippen LogP contribution >= 0.6 is 0 Å². The molecule has 0 heterocycles. The maximum Gasteiger partial charge on any atom is 0.0468 e. The van der Waals surface area contributed by atoms with Gasteiger partial charge in [-0.2, -0.15) is 0 Å². The van der Waals surface area contributed by atoms with Gasteiger partial charge in [-0.3, -0.25) is 0 Å². The Balaban J connectivity index is 1.02. The molecule has 0 spiro atoms. The highest BCUT2D eigenvalue weighted by molar-refractivity contribution is 5.91. The smallest absolute Gasteiger partial charge is 0.0468 e. The van der Waals surface area contributed by atoms with Gasteiger partial charge in [-0.25, -0.2) is 0 Å². The van der Waals surface area contributed by atoms with Gasteiger partial charge in [0.05, 0.1) is 0 Å². The summed E-state index contributed by atoms with van der Waals surface area (Å²) in [6.07, 6.45) is 1.99. The van der Waals surface area contributed by atoms with Crippen LogP contribution in [0.1, 0.15) is 33.4 Å². The van der Waals surface area contributed by atoms with E-state index < -0.39 is 0 Å². The minimum absolute atomic E-state index is 0.995. The second-order valence-corrected chi connectivity index (χ2v) is 14.2. The van der Waals surface area contributed by atoms with Crippen LogP contribution in [-0.4, -0.2) is 0 Å². The molecule has 2 heteroatoms. The van der Waals surface area contributed by atoms with Gasteiger partial charge in [-0.1, -0.05) is 119 Å². The van der Waals surface area contributed by atoms with Crippen LogP contribution in [0.15, 0.2) is 170 Å². The molecule has 0 saturated heterocycles. The maximum atomic E-state index is 2.36. The average molecular weight is 673 g/mol. The van der Waals surface area contributed by atoms with Gasteiger partial charge in [0, 0.05) is 34.1 Å². The quantitative estimate of drug-likeness (QED) is 0.151. The molecule has 0 aromatic heterocycles. The Morgan fingerprint density at radius 1 is 0.269 bits per heavy atom. The van der Waals surface area contributed by atoms with Gasteiger partial charge in [0.25, 0.3) is 0 Å². The van der Waals surface area contributed by atoms with Crippen molar-refractivity contribution < 1.29 is 0 Å². The van der Waals surface area contributed by atoms with E-state index in [9.17, 15) is 0 Å². The molecule has 0 unspecified atom stereocenters. The Hall–Kier alpha value is -6.12. The third-order valence-electron chi connectivity index (χ3n) is 10.2. The number of aryl methyl sites for hydroxylation is 6. The normalized spacial score (nSPS) is 11.2. The Morgan fingerprint density at radius 2 is 0.519 bits per heavy atom. The van der Waals surface area contributed by atoms with Crippen molar-refractivity contribution in [3.8, 4) is 0 Å². The van der Waals surface area contributed by atoms with Crippen LogP contribution in [0.25, 0.3) is 21.5 Å². The van der Waals surface area contributed by atoms with Crippen LogP contribution in [-0.2, 0) is 12.8 Å². The fourth-order valence-electron chi connectivity index (χ4n) is 7.11. The molecule has 8 rings (SSSR count). The number of fused-ring (bicyclic) bond motifs is 2. The number of nitrogens with zero attached hydrogens (tertiary/aromatic N) is 2. The molecule has 8 aromatic carbocycles. The van der Waals surface area contributed by atoms with Crippen LogP contribution in [0, 0.1) is 27.7 Å². The van der Waals surface area contributed by atoms with Crippen molar-refractivity contribution in [1.82, 2.24) is 0 Å². The van der Waals surface area contributed by atoms with Crippen LogP contribution < -0.4 is 9.80 Å². The Labute approximate surface area is 308 Å². The summed E-state index contributed by atoms with van der Waals surface area (Å²) in [7, 11) is 0. The van der Waals surface area contributed by atoms with Crippen molar-refractivity contribution in [2.75, 3.05) is 9.80 Å². The van der Waals surface area contributed by atoms with Crippen LogP contribution in [0.5, 0.6) is 0 Å². The molecular formula is C50H44N2. The van der Waals surface area contributed by atoms with Crippen LogP contribution in [0.4, 0.5) is 34.1 Å². The molecule has 0 atom stereocenters. The molecule has 0 fully saturated rings. The highest BCUT2D eigenvalue weighted by atomic mass is 15.1. The summed E-state index contributed by atoms with van der Waals surface area (Å²) in [5, 5.41) is 5.04. The Morgan fingerprint density at radius 3 is 0.827 bits per heavy atom. The molecule has 0 aliphatic carbocycles. The SMILES string of the molecule is Cc1ccc(N(c2ccc(C)cc2)c2ccc3cc(CCc4ccc5cc(N(c6ccc(C)cc6)c6ccc(C)cc6)ccc5c4)ccc3c2)cc1. The molecule has 0 amide bonds. The van der Waals surface area contributed by atoms with Crippen LogP contribution in [0.3, 0.4) is 0 Å². The van der Waals surface area contributed by atoms with Crippen molar-refractivity contribution >= 4 is 55.7 Å². The minimum atomic E-state index is 0.995. The molecule has 2 nitrogen and oxygen atoms in total. The summed E-state index contributed by atoms with van der Waals surface area (Å²) in [6.45, 7) is 8.54. The third kappa shape index (κ3) is 7.06. The lowest BCUT2D eigenvalue weighted by molar-refractivity contribution is 0.964. The van der Waals surface area contributed by atoms with Gasteiger partial charge in [0.1, 0.15) is 0 Å². The first kappa shape index (κ1) is 33.0. The first-order valence-electron chi connectivity index (χ1n) is 18.3. The van der Waals surface area contributed by atoms with E-state index in [1.165, 1.54) is 54.9 Å². The van der Waals surface area contributed by atoms with Gasteiger partial charge >= 0.3 is 0 Å². The number of hydrogen-bond acceptors (Lipinski definition) is 2. The molecule has 0 radical (unpaired) electrons. The van der Waals surface area contributed by atoms with Gasteiger partial charge in [0.2, 0.25) is 0 Å². The number of hydrogen-bond donors (Lipinski definition) is 0. The molecule has 0 saturated carbocycles. The van der Waals surface area contributed by atoms with E-state index in [0.29, 0.717) is 0 Å². The maximum absolute atomic E-state index is 2.36. The van der Waals surface area contributed by atoms with E-state index in [-0.39, 0.29) is 0 Å². The number of benzene rings is 8. The van der Waals surface area contributed by atoms with Gasteiger partial charge in [-0.15, -0.1) is 0 Å². The van der Waals surface area contributed by atoms with Crippen molar-refractivity contribution in [1.29, 1.82) is 0 Å². The second kappa shape index (κ2) is 14.2. The fourth-order valence-corrected chi connectivity index (χ4v) is 7.11. The summed E-state index contributed by atoms with van der Waals surface area (Å²) in [6, 6.07) is 62.7. The topological polar surface area (TPSA) is 6.48 Å². The lowest BCUT2D eigenvalue weighted by Gasteiger charge is -2.26. The lowest BCUT2D eigenvalue weighted by Crippen LogP contribution is -2.10. The predicted octanol–water partition coefficient (Wildman–Crippen LogP) is 14.0. The van der Waals surface area contributed by atoms with E-state index >= 15 is 0 Å². The first-order chi connectivity index (χ1) is 25.4. The summed E-state index contributed by atoms with van der Waals surface area (Å²) in [4.78, 5) is 4.69. The van der Waals surface area contributed by atoms with Gasteiger partial charge < -0.3 is 9.80 Å². The molecule has 0 aliphatic heterocycles. The Kier molecular flexibility index (Phi) is 9.05. The highest BCUT2D eigenvalue weighted by Crippen LogP contribution is 2.38. The average Bonchev–Trinajstić information content (AvgIpc) is 3.17. The lowest BCUT2D eigenvalue weighted by atomic mass is 9.98. The molecule has 52 heavy (non-hydrogen) atoms. The number of anilines is 6.